The van der Waals surface area contributed by atoms with Crippen molar-refractivity contribution in [2.75, 3.05) is 72.9 Å². The highest BCUT2D eigenvalue weighted by molar-refractivity contribution is 6.23. The highest BCUT2D eigenvalue weighted by atomic mass is 19.1. The van der Waals surface area contributed by atoms with E-state index in [1.165, 1.54) is 12.1 Å². The average molecular weight is 858 g/mol. The number of halogens is 2. The second-order valence-corrected chi connectivity index (χ2v) is 16.9. The van der Waals surface area contributed by atoms with Crippen molar-refractivity contribution in [3.63, 3.8) is 0 Å². The van der Waals surface area contributed by atoms with Crippen molar-refractivity contribution in [1.29, 1.82) is 0 Å². The number of carbonyl (C=O) groups is 5. The molecule has 4 aromatic carbocycles. The first-order valence-corrected chi connectivity index (χ1v) is 21.4. The van der Waals surface area contributed by atoms with Crippen molar-refractivity contribution in [3.05, 3.63) is 112 Å². The molecule has 4 saturated heterocycles. The van der Waals surface area contributed by atoms with Gasteiger partial charge in [0, 0.05) is 99.5 Å². The van der Waals surface area contributed by atoms with Gasteiger partial charge in [0.1, 0.15) is 17.7 Å². The number of imide groups is 2. The molecule has 4 fully saturated rings. The largest absolute Gasteiger partial charge is 0.381 e. The van der Waals surface area contributed by atoms with Crippen LogP contribution in [0.4, 0.5) is 31.7 Å². The summed E-state index contributed by atoms with van der Waals surface area (Å²) in [5.41, 5.74) is 5.59. The molecule has 0 saturated carbocycles. The van der Waals surface area contributed by atoms with Gasteiger partial charge >= 0.3 is 0 Å². The number of fused-ring (bicyclic) bond motifs is 2. The number of carbonyl (C=O) groups excluding carboxylic acids is 5. The fraction of sp³-hybridized carbons (Fsp3) is 0.348. The van der Waals surface area contributed by atoms with Crippen molar-refractivity contribution < 1.29 is 37.5 Å². The standard InChI is InChI=1S/C46H45F2N9O6/c47-28-18-27(19-29(48)21-28)17-26-1-6-38-37(20-26)42(53-52-38)51-43(59)35-5-3-32(23-39(35)49-30-9-15-63-16-10-30)54-11-13-55(14-12-54)33-24-56(25-33)31-2-4-34-36(22-31)46(62)57(45(34)61)40-7-8-41(58)50-44(40)60/h1-6,18-23,30,33,40,49H,7-17,24-25H2,(H,50,58,60)(H2,51,52,53,59)/t40-/m0/s1. The molecule has 0 bridgehead atoms. The summed E-state index contributed by atoms with van der Waals surface area (Å²) in [4.78, 5) is 72.7. The highest BCUT2D eigenvalue weighted by Gasteiger charge is 2.45. The van der Waals surface area contributed by atoms with Crippen molar-refractivity contribution in [2.24, 2.45) is 0 Å². The highest BCUT2D eigenvalue weighted by Crippen LogP contribution is 2.34. The zero-order valence-electron chi connectivity index (χ0n) is 34.3. The Balaban J connectivity index is 0.787. The van der Waals surface area contributed by atoms with E-state index in [1.807, 2.05) is 42.5 Å². The molecule has 0 radical (unpaired) electrons. The van der Waals surface area contributed by atoms with Gasteiger partial charge in [-0.15, -0.1) is 0 Å². The summed E-state index contributed by atoms with van der Waals surface area (Å²) < 4.78 is 33.4. The lowest BCUT2D eigenvalue weighted by Crippen LogP contribution is -2.63. The van der Waals surface area contributed by atoms with Gasteiger partial charge in [-0.1, -0.05) is 6.07 Å². The topological polar surface area (TPSA) is 172 Å². The van der Waals surface area contributed by atoms with Gasteiger partial charge in [-0.05, 0) is 97.5 Å². The summed E-state index contributed by atoms with van der Waals surface area (Å²) in [6.45, 7) is 6.05. The number of amides is 5. The zero-order chi connectivity index (χ0) is 43.4. The first kappa shape index (κ1) is 40.4. The molecule has 1 atom stereocenters. The predicted molar refractivity (Wildman–Crippen MR) is 230 cm³/mol. The number of H-pyrrole nitrogens is 1. The van der Waals surface area contributed by atoms with Crippen LogP contribution in [-0.4, -0.2) is 120 Å². The minimum atomic E-state index is -1.00. The molecule has 15 nitrogen and oxygen atoms in total. The van der Waals surface area contributed by atoms with Gasteiger partial charge in [0.15, 0.2) is 5.82 Å². The van der Waals surface area contributed by atoms with E-state index in [1.54, 1.807) is 12.1 Å². The summed E-state index contributed by atoms with van der Waals surface area (Å²) >= 11 is 0. The molecular weight excluding hydrogens is 813 g/mol. The number of anilines is 4. The van der Waals surface area contributed by atoms with Crippen molar-refractivity contribution in [2.45, 2.75) is 50.2 Å². The molecule has 6 heterocycles. The molecule has 5 amide bonds. The molecule has 324 valence electrons. The second kappa shape index (κ2) is 16.5. The monoisotopic (exact) mass is 857 g/mol. The molecule has 17 heteroatoms. The third-order valence-corrected chi connectivity index (χ3v) is 12.9. The summed E-state index contributed by atoms with van der Waals surface area (Å²) in [6, 6.07) is 19.6. The fourth-order valence-corrected chi connectivity index (χ4v) is 9.40. The van der Waals surface area contributed by atoms with Crippen LogP contribution in [0.1, 0.15) is 67.9 Å². The Kier molecular flexibility index (Phi) is 10.6. The van der Waals surface area contributed by atoms with Crippen LogP contribution in [0.2, 0.25) is 0 Å². The summed E-state index contributed by atoms with van der Waals surface area (Å²) in [6.07, 6.45) is 2.11. The first-order valence-electron chi connectivity index (χ1n) is 21.4. The van der Waals surface area contributed by atoms with E-state index in [9.17, 15) is 32.8 Å². The lowest BCUT2D eigenvalue weighted by atomic mass is 10.0. The van der Waals surface area contributed by atoms with E-state index in [0.29, 0.717) is 53.5 Å². The summed E-state index contributed by atoms with van der Waals surface area (Å²) in [5.74, 6) is -3.32. The van der Waals surface area contributed by atoms with Gasteiger partial charge < -0.3 is 25.2 Å². The maximum absolute atomic E-state index is 14.0. The summed E-state index contributed by atoms with van der Waals surface area (Å²) in [5, 5.41) is 16.9. The van der Waals surface area contributed by atoms with Gasteiger partial charge in [-0.25, -0.2) is 8.78 Å². The second-order valence-electron chi connectivity index (χ2n) is 16.9. The number of nitrogens with one attached hydrogen (secondary N) is 4. The first-order chi connectivity index (χ1) is 30.5. The Hall–Kier alpha value is -6.72. The zero-order valence-corrected chi connectivity index (χ0v) is 34.3. The molecule has 10 rings (SSSR count). The number of piperidine rings is 1. The van der Waals surface area contributed by atoms with Crippen molar-refractivity contribution in [1.82, 2.24) is 25.3 Å². The van der Waals surface area contributed by atoms with Crippen LogP contribution >= 0.6 is 0 Å². The maximum atomic E-state index is 14.0. The minimum absolute atomic E-state index is 0.0705. The third kappa shape index (κ3) is 7.97. The number of nitrogens with zero attached hydrogens (tertiary/aromatic N) is 5. The lowest BCUT2D eigenvalue weighted by molar-refractivity contribution is -0.136. The Morgan fingerprint density at radius 3 is 2.27 bits per heavy atom. The average Bonchev–Trinajstić information content (AvgIpc) is 3.76. The van der Waals surface area contributed by atoms with E-state index in [2.05, 4.69) is 40.8 Å². The van der Waals surface area contributed by atoms with E-state index < -0.39 is 41.3 Å². The molecule has 4 N–H and O–H groups in total. The molecule has 0 aliphatic carbocycles. The Labute approximate surface area is 360 Å². The molecule has 0 unspecified atom stereocenters. The van der Waals surface area contributed by atoms with Crippen LogP contribution in [-0.2, 0) is 20.7 Å². The van der Waals surface area contributed by atoms with Crippen LogP contribution in [0.15, 0.2) is 72.8 Å². The lowest BCUT2D eigenvalue weighted by Gasteiger charge is -2.49. The van der Waals surface area contributed by atoms with Crippen LogP contribution in [0.5, 0.6) is 0 Å². The number of aromatic nitrogens is 2. The molecule has 5 aromatic rings. The quantitative estimate of drug-likeness (QED) is 0.144. The van der Waals surface area contributed by atoms with E-state index >= 15 is 0 Å². The van der Waals surface area contributed by atoms with E-state index in [-0.39, 0.29) is 35.9 Å². The SMILES string of the molecule is O=C1CC[C@H](N2C(=O)c3ccc(N4CC(N5CCN(c6ccc(C(=O)Nc7n[nH]c8ccc(Cc9cc(F)cc(F)c9)cc78)c(NC7CCOCC7)c6)CC5)C4)cc3C2=O)C(=O)N1. The van der Waals surface area contributed by atoms with Gasteiger partial charge in [0.25, 0.3) is 17.7 Å². The van der Waals surface area contributed by atoms with Gasteiger partial charge in [-0.2, -0.15) is 5.10 Å². The van der Waals surface area contributed by atoms with E-state index in [0.717, 1.165) is 85.7 Å². The number of hydrogen-bond acceptors (Lipinski definition) is 11. The molecule has 1 aromatic heterocycles. The molecule has 63 heavy (non-hydrogen) atoms. The minimum Gasteiger partial charge on any atom is -0.381 e. The molecular formula is C46H45F2N9O6. The predicted octanol–water partition coefficient (Wildman–Crippen LogP) is 4.69. The van der Waals surface area contributed by atoms with Crippen molar-refractivity contribution >= 4 is 63.3 Å². The number of rotatable bonds is 10. The number of benzene rings is 4. The number of hydrogen-bond donors (Lipinski definition) is 4. The normalized spacial score (nSPS) is 20.0. The van der Waals surface area contributed by atoms with Crippen LogP contribution in [0, 0.1) is 11.6 Å². The smallest absolute Gasteiger partial charge is 0.262 e. The fourth-order valence-electron chi connectivity index (χ4n) is 9.40. The third-order valence-electron chi connectivity index (χ3n) is 12.9. The Bertz CT molecular complexity index is 2650. The Morgan fingerprint density at radius 2 is 1.51 bits per heavy atom. The molecule has 5 aliphatic heterocycles. The Morgan fingerprint density at radius 1 is 0.778 bits per heavy atom. The number of aromatic amines is 1. The maximum Gasteiger partial charge on any atom is 0.262 e. The van der Waals surface area contributed by atoms with Crippen molar-refractivity contribution in [3.8, 4) is 0 Å². The molecule has 5 aliphatic rings. The van der Waals surface area contributed by atoms with Crippen LogP contribution in [0.25, 0.3) is 10.9 Å². The number of piperazine rings is 1. The van der Waals surface area contributed by atoms with Gasteiger partial charge in [0.05, 0.1) is 22.2 Å². The van der Waals surface area contributed by atoms with Crippen LogP contribution < -0.4 is 25.8 Å². The molecule has 0 spiro atoms. The van der Waals surface area contributed by atoms with Crippen LogP contribution in [0.3, 0.4) is 0 Å². The van der Waals surface area contributed by atoms with Gasteiger partial charge in [0.2, 0.25) is 11.8 Å². The number of ether oxygens (including phenoxy) is 1. The van der Waals surface area contributed by atoms with Gasteiger partial charge in [-0.3, -0.25) is 44.2 Å². The summed E-state index contributed by atoms with van der Waals surface area (Å²) in [7, 11) is 0. The van der Waals surface area contributed by atoms with E-state index in [4.69, 9.17) is 4.74 Å².